The monoisotopic (exact) mass is 513 g/mol. The summed E-state index contributed by atoms with van der Waals surface area (Å²) in [6.45, 7) is -2.56. The van der Waals surface area contributed by atoms with E-state index >= 15 is 0 Å². The molecule has 2 heterocycles. The number of fused-ring (bicyclic) bond motifs is 1. The SMILES string of the molecule is CC(F)(F)c1ccc(S(=O)(=O)n2nc(N3CC(F)(F)C(F)(F)C3)c3c(C(F)F)cccc32)cc1. The van der Waals surface area contributed by atoms with Crippen LogP contribution in [0.5, 0.6) is 0 Å². The topological polar surface area (TPSA) is 55.2 Å². The van der Waals surface area contributed by atoms with Gasteiger partial charge in [0.15, 0.2) is 5.82 Å². The maximum Gasteiger partial charge on any atom is 0.329 e. The Morgan fingerprint density at radius 2 is 1.53 bits per heavy atom. The zero-order valence-corrected chi connectivity index (χ0v) is 17.9. The lowest BCUT2D eigenvalue weighted by atomic mass is 10.1. The maximum absolute atomic E-state index is 13.8. The van der Waals surface area contributed by atoms with Crippen molar-refractivity contribution in [2.45, 2.75) is 36.0 Å². The molecule has 0 aliphatic carbocycles. The van der Waals surface area contributed by atoms with Crippen LogP contribution in [0.15, 0.2) is 47.4 Å². The second-order valence-electron chi connectivity index (χ2n) is 7.89. The first-order chi connectivity index (χ1) is 15.6. The molecule has 0 radical (unpaired) electrons. The third-order valence-corrected chi connectivity index (χ3v) is 7.03. The van der Waals surface area contributed by atoms with Gasteiger partial charge in [0.05, 0.1) is 28.9 Å². The summed E-state index contributed by atoms with van der Waals surface area (Å²) in [7, 11) is -4.72. The molecule has 5 nitrogen and oxygen atoms in total. The van der Waals surface area contributed by atoms with Crippen molar-refractivity contribution in [3.63, 3.8) is 0 Å². The van der Waals surface area contributed by atoms with E-state index in [1.54, 1.807) is 0 Å². The van der Waals surface area contributed by atoms with Gasteiger partial charge in [-0.25, -0.2) is 17.6 Å². The molecule has 0 spiro atoms. The van der Waals surface area contributed by atoms with Gasteiger partial charge in [-0.05, 0) is 18.2 Å². The average molecular weight is 513 g/mol. The first-order valence-corrected chi connectivity index (χ1v) is 11.0. The fraction of sp³-hybridized carbons (Fsp3) is 0.350. The van der Waals surface area contributed by atoms with Crippen LogP contribution in [0.1, 0.15) is 24.5 Å². The van der Waals surface area contributed by atoms with Crippen LogP contribution < -0.4 is 4.90 Å². The summed E-state index contributed by atoms with van der Waals surface area (Å²) in [5.74, 6) is -13.1. The lowest BCUT2D eigenvalue weighted by Crippen LogP contribution is -2.38. The van der Waals surface area contributed by atoms with E-state index in [0.717, 1.165) is 42.5 Å². The molecule has 0 atom stereocenters. The number of alkyl halides is 8. The minimum Gasteiger partial charge on any atom is -0.342 e. The number of hydrogen-bond donors (Lipinski definition) is 0. The van der Waals surface area contributed by atoms with Gasteiger partial charge in [-0.2, -0.15) is 30.1 Å². The molecule has 34 heavy (non-hydrogen) atoms. The molecule has 14 heteroatoms. The quantitative estimate of drug-likeness (QED) is 0.428. The fourth-order valence-corrected chi connectivity index (χ4v) is 4.95. The van der Waals surface area contributed by atoms with E-state index in [-0.39, 0.29) is 4.09 Å². The highest BCUT2D eigenvalue weighted by atomic mass is 32.2. The molecule has 1 aliphatic rings. The largest absolute Gasteiger partial charge is 0.342 e. The molecule has 0 amide bonds. The Morgan fingerprint density at radius 1 is 0.971 bits per heavy atom. The molecule has 1 aromatic heterocycles. The molecule has 184 valence electrons. The number of anilines is 1. The number of hydrogen-bond acceptors (Lipinski definition) is 4. The van der Waals surface area contributed by atoms with Gasteiger partial charge in [0.25, 0.3) is 22.4 Å². The summed E-state index contributed by atoms with van der Waals surface area (Å²) in [6, 6.07) is 6.36. The van der Waals surface area contributed by atoms with Crippen LogP contribution in [0.3, 0.4) is 0 Å². The van der Waals surface area contributed by atoms with Crippen molar-refractivity contribution in [2.75, 3.05) is 18.0 Å². The van der Waals surface area contributed by atoms with Gasteiger partial charge in [-0.3, -0.25) is 0 Å². The van der Waals surface area contributed by atoms with Gasteiger partial charge in [0.1, 0.15) is 0 Å². The van der Waals surface area contributed by atoms with Crippen LogP contribution in [0.4, 0.5) is 40.9 Å². The molecule has 0 N–H and O–H groups in total. The van der Waals surface area contributed by atoms with Crippen LogP contribution in [0.2, 0.25) is 0 Å². The Hall–Kier alpha value is -2.90. The van der Waals surface area contributed by atoms with Crippen molar-refractivity contribution in [3.05, 3.63) is 53.6 Å². The zero-order chi connectivity index (χ0) is 25.3. The van der Waals surface area contributed by atoms with Crippen molar-refractivity contribution in [1.29, 1.82) is 0 Å². The second-order valence-corrected chi connectivity index (χ2v) is 9.66. The molecule has 1 aliphatic heterocycles. The highest BCUT2D eigenvalue weighted by Crippen LogP contribution is 2.45. The molecular formula is C20H15F8N3O2S. The van der Waals surface area contributed by atoms with E-state index in [2.05, 4.69) is 5.10 Å². The minimum absolute atomic E-state index is 0.247. The van der Waals surface area contributed by atoms with E-state index in [1.165, 1.54) is 0 Å². The van der Waals surface area contributed by atoms with Crippen LogP contribution in [0, 0.1) is 0 Å². The summed E-state index contributed by atoms with van der Waals surface area (Å²) >= 11 is 0. The van der Waals surface area contributed by atoms with Gasteiger partial charge in [0.2, 0.25) is 0 Å². The predicted molar refractivity (Wildman–Crippen MR) is 105 cm³/mol. The smallest absolute Gasteiger partial charge is 0.329 e. The van der Waals surface area contributed by atoms with Gasteiger partial charge in [0, 0.05) is 18.1 Å². The summed E-state index contributed by atoms with van der Waals surface area (Å²) in [5, 5.41) is 3.08. The van der Waals surface area contributed by atoms with Crippen LogP contribution in [-0.4, -0.2) is 42.5 Å². The first-order valence-electron chi connectivity index (χ1n) is 9.60. The molecule has 0 saturated carbocycles. The summed E-state index contributed by atoms with van der Waals surface area (Å²) in [5.41, 5.74) is -1.77. The second kappa shape index (κ2) is 7.55. The third kappa shape index (κ3) is 3.77. The van der Waals surface area contributed by atoms with E-state index in [0.29, 0.717) is 11.8 Å². The van der Waals surface area contributed by atoms with Gasteiger partial charge in [-0.1, -0.05) is 24.3 Å². The normalized spacial score (nSPS) is 18.2. The average Bonchev–Trinajstić information content (AvgIpc) is 3.22. The lowest BCUT2D eigenvalue weighted by Gasteiger charge is -2.15. The van der Waals surface area contributed by atoms with Crippen molar-refractivity contribution >= 4 is 26.7 Å². The molecule has 1 saturated heterocycles. The number of halogens is 8. The Morgan fingerprint density at radius 3 is 2.03 bits per heavy atom. The van der Waals surface area contributed by atoms with Gasteiger partial charge < -0.3 is 4.90 Å². The van der Waals surface area contributed by atoms with Gasteiger partial charge >= 0.3 is 11.8 Å². The number of benzene rings is 2. The highest BCUT2D eigenvalue weighted by molar-refractivity contribution is 7.90. The predicted octanol–water partition coefficient (Wildman–Crippen LogP) is 5.41. The third-order valence-electron chi connectivity index (χ3n) is 5.43. The van der Waals surface area contributed by atoms with E-state index in [1.807, 2.05) is 0 Å². The maximum atomic E-state index is 13.8. The lowest BCUT2D eigenvalue weighted by molar-refractivity contribution is -0.172. The van der Waals surface area contributed by atoms with E-state index in [9.17, 15) is 43.5 Å². The van der Waals surface area contributed by atoms with Crippen molar-refractivity contribution in [1.82, 2.24) is 9.19 Å². The molecule has 0 bridgehead atoms. The standard InChI is InChI=1S/C20H15F8N3O2S/c1-18(23,24)11-5-7-12(8-6-11)34(32,33)31-14-4-2-3-13(16(21)22)15(14)17(29-31)30-9-19(25,26)20(27,28)10-30/h2-8,16H,9-10H2,1H3. The molecule has 0 unspecified atom stereocenters. The molecule has 3 aromatic rings. The Labute approximate surface area is 187 Å². The molecule has 1 fully saturated rings. The Kier molecular flexibility index (Phi) is 5.38. The number of nitrogens with zero attached hydrogens (tertiary/aromatic N) is 3. The molecular weight excluding hydrogens is 498 g/mol. The highest BCUT2D eigenvalue weighted by Gasteiger charge is 2.63. The summed E-state index contributed by atoms with van der Waals surface area (Å²) in [4.78, 5) is -0.211. The van der Waals surface area contributed by atoms with Crippen molar-refractivity contribution < 1.29 is 43.5 Å². The molecule has 4 rings (SSSR count). The zero-order valence-electron chi connectivity index (χ0n) is 17.1. The summed E-state index contributed by atoms with van der Waals surface area (Å²) < 4.78 is 136. The fourth-order valence-electron chi connectivity index (χ4n) is 3.67. The Bertz CT molecular complexity index is 1330. The first kappa shape index (κ1) is 24.2. The van der Waals surface area contributed by atoms with Gasteiger partial charge in [-0.15, -0.1) is 5.10 Å². The van der Waals surface area contributed by atoms with Crippen LogP contribution in [0.25, 0.3) is 10.9 Å². The Balaban J connectivity index is 1.92. The van der Waals surface area contributed by atoms with E-state index in [4.69, 9.17) is 0 Å². The molecule has 2 aromatic carbocycles. The number of aromatic nitrogens is 2. The van der Waals surface area contributed by atoms with Crippen LogP contribution in [-0.2, 0) is 15.9 Å². The minimum atomic E-state index is -4.72. The summed E-state index contributed by atoms with van der Waals surface area (Å²) in [6.07, 6.45) is -3.21. The van der Waals surface area contributed by atoms with E-state index < -0.39 is 80.0 Å². The van der Waals surface area contributed by atoms with Crippen molar-refractivity contribution in [3.8, 4) is 0 Å². The van der Waals surface area contributed by atoms with Crippen LogP contribution >= 0.6 is 0 Å². The van der Waals surface area contributed by atoms with Crippen molar-refractivity contribution in [2.24, 2.45) is 0 Å². The number of rotatable bonds is 5.